The van der Waals surface area contributed by atoms with Crippen molar-refractivity contribution in [2.45, 2.75) is 24.6 Å². The molecular weight excluding hydrogens is 305 g/mol. The van der Waals surface area contributed by atoms with E-state index in [9.17, 15) is 27.9 Å². The zero-order valence-electron chi connectivity index (χ0n) is 11.6. The minimum Gasteiger partial charge on any atom is -0.481 e. The maximum Gasteiger partial charge on any atom is 0.422 e. The Labute approximate surface area is 124 Å². The van der Waals surface area contributed by atoms with Crippen molar-refractivity contribution >= 4 is 11.9 Å². The van der Waals surface area contributed by atoms with Crippen LogP contribution in [0.2, 0.25) is 0 Å². The Morgan fingerprint density at radius 1 is 1.23 bits per heavy atom. The molecule has 0 bridgehead atoms. The molecular formula is C14H15F3O5. The summed E-state index contributed by atoms with van der Waals surface area (Å²) < 4.78 is 44.4. The van der Waals surface area contributed by atoms with Crippen molar-refractivity contribution in [3.05, 3.63) is 35.9 Å². The van der Waals surface area contributed by atoms with Gasteiger partial charge in [0.1, 0.15) is 0 Å². The molecule has 0 aliphatic carbocycles. The monoisotopic (exact) mass is 320 g/mol. The number of carbonyl (C=O) groups excluding carboxylic acids is 1. The maximum absolute atomic E-state index is 13.4. The van der Waals surface area contributed by atoms with E-state index in [-0.39, 0.29) is 0 Å². The van der Waals surface area contributed by atoms with Crippen molar-refractivity contribution in [1.29, 1.82) is 0 Å². The normalized spacial score (nSPS) is 15.7. The molecule has 0 amide bonds. The third-order valence-corrected chi connectivity index (χ3v) is 3.31. The van der Waals surface area contributed by atoms with E-state index in [4.69, 9.17) is 5.11 Å². The standard InChI is InChI=1S/C14H15F3O5/c1-22-11(18)8-7-10(12(19)20)13(21,14(15,16)17)9-5-3-2-4-6-9/h2-6,10,21H,7-8H2,1H3,(H,19,20). The Kier molecular flexibility index (Phi) is 5.54. The lowest BCUT2D eigenvalue weighted by Crippen LogP contribution is -2.51. The Balaban J connectivity index is 3.28. The van der Waals surface area contributed by atoms with Gasteiger partial charge in [-0.05, 0) is 12.0 Å². The lowest BCUT2D eigenvalue weighted by molar-refractivity contribution is -0.287. The third-order valence-electron chi connectivity index (χ3n) is 3.31. The number of alkyl halides is 3. The molecule has 0 heterocycles. The van der Waals surface area contributed by atoms with Crippen LogP contribution in [0, 0.1) is 5.92 Å². The number of hydrogen-bond donors (Lipinski definition) is 2. The van der Waals surface area contributed by atoms with Crippen molar-refractivity contribution in [3.8, 4) is 0 Å². The summed E-state index contributed by atoms with van der Waals surface area (Å²) in [7, 11) is 1.03. The Hall–Kier alpha value is -2.09. The van der Waals surface area contributed by atoms with Crippen LogP contribution in [-0.2, 0) is 19.9 Å². The highest BCUT2D eigenvalue weighted by Gasteiger charge is 2.61. The van der Waals surface area contributed by atoms with E-state index in [0.29, 0.717) is 0 Å². The first-order valence-corrected chi connectivity index (χ1v) is 6.28. The molecule has 0 spiro atoms. The Morgan fingerprint density at radius 3 is 2.18 bits per heavy atom. The number of benzene rings is 1. The van der Waals surface area contributed by atoms with Crippen molar-refractivity contribution in [2.75, 3.05) is 7.11 Å². The number of ether oxygens (including phenoxy) is 1. The van der Waals surface area contributed by atoms with Gasteiger partial charge >= 0.3 is 18.1 Å². The number of carboxylic acids is 1. The molecule has 1 rings (SSSR count). The van der Waals surface area contributed by atoms with Crippen molar-refractivity contribution in [2.24, 2.45) is 5.92 Å². The van der Waals surface area contributed by atoms with Crippen LogP contribution in [0.1, 0.15) is 18.4 Å². The molecule has 8 heteroatoms. The Bertz CT molecular complexity index is 529. The van der Waals surface area contributed by atoms with Gasteiger partial charge in [0.05, 0.1) is 13.0 Å². The number of hydrogen-bond acceptors (Lipinski definition) is 4. The van der Waals surface area contributed by atoms with E-state index >= 15 is 0 Å². The quantitative estimate of drug-likeness (QED) is 0.784. The van der Waals surface area contributed by atoms with Crippen molar-refractivity contribution < 1.29 is 37.7 Å². The van der Waals surface area contributed by atoms with Gasteiger partial charge in [0, 0.05) is 6.42 Å². The van der Waals surface area contributed by atoms with Crippen LogP contribution >= 0.6 is 0 Å². The second-order valence-electron chi connectivity index (χ2n) is 4.64. The third kappa shape index (κ3) is 3.56. The molecule has 1 aromatic rings. The van der Waals surface area contributed by atoms with Crippen LogP contribution in [0.5, 0.6) is 0 Å². The summed E-state index contributed by atoms with van der Waals surface area (Å²) in [5.41, 5.74) is -4.20. The number of rotatable bonds is 6. The summed E-state index contributed by atoms with van der Waals surface area (Å²) in [5.74, 6) is -4.95. The second-order valence-corrected chi connectivity index (χ2v) is 4.64. The zero-order chi connectivity index (χ0) is 17.0. The first kappa shape index (κ1) is 18.0. The van der Waals surface area contributed by atoms with Gasteiger partial charge in [-0.15, -0.1) is 0 Å². The number of aliphatic hydroxyl groups is 1. The fourth-order valence-corrected chi connectivity index (χ4v) is 2.13. The minimum atomic E-state index is -5.23. The molecule has 1 aromatic carbocycles. The second kappa shape index (κ2) is 6.78. The van der Waals surface area contributed by atoms with Gasteiger partial charge in [-0.1, -0.05) is 30.3 Å². The number of aliphatic carboxylic acids is 1. The van der Waals surface area contributed by atoms with E-state index in [0.717, 1.165) is 19.2 Å². The SMILES string of the molecule is COC(=O)CCC(C(=O)O)C(O)(c1ccccc1)C(F)(F)F. The molecule has 2 N–H and O–H groups in total. The van der Waals surface area contributed by atoms with E-state index in [1.807, 2.05) is 0 Å². The van der Waals surface area contributed by atoms with Gasteiger partial charge < -0.3 is 14.9 Å². The molecule has 2 atom stereocenters. The summed E-state index contributed by atoms with van der Waals surface area (Å²) in [4.78, 5) is 22.3. The van der Waals surface area contributed by atoms with Gasteiger partial charge in [0.25, 0.3) is 0 Å². The molecule has 0 saturated carbocycles. The highest BCUT2D eigenvalue weighted by Crippen LogP contribution is 2.46. The molecule has 0 aliphatic rings. The van der Waals surface area contributed by atoms with Crippen LogP contribution in [0.4, 0.5) is 13.2 Å². The highest BCUT2D eigenvalue weighted by molar-refractivity contribution is 5.74. The first-order valence-electron chi connectivity index (χ1n) is 6.28. The topological polar surface area (TPSA) is 83.8 Å². The van der Waals surface area contributed by atoms with Gasteiger partial charge in [-0.2, -0.15) is 13.2 Å². The van der Waals surface area contributed by atoms with Crippen LogP contribution in [0.25, 0.3) is 0 Å². The number of esters is 1. The summed E-state index contributed by atoms with van der Waals surface area (Å²) in [6.07, 6.45) is -6.50. The lowest BCUT2D eigenvalue weighted by atomic mass is 9.78. The molecule has 0 radical (unpaired) electrons. The largest absolute Gasteiger partial charge is 0.481 e. The number of carboxylic acid groups (broad SMARTS) is 1. The first-order chi connectivity index (χ1) is 10.1. The minimum absolute atomic E-state index is 0.557. The van der Waals surface area contributed by atoms with Gasteiger partial charge in [-0.3, -0.25) is 9.59 Å². The van der Waals surface area contributed by atoms with E-state index < -0.39 is 48.0 Å². The molecule has 0 aromatic heterocycles. The highest BCUT2D eigenvalue weighted by atomic mass is 19.4. The fraction of sp³-hybridized carbons (Fsp3) is 0.429. The number of carbonyl (C=O) groups is 2. The fourth-order valence-electron chi connectivity index (χ4n) is 2.13. The molecule has 122 valence electrons. The average Bonchev–Trinajstić information content (AvgIpc) is 2.46. The number of halogens is 3. The van der Waals surface area contributed by atoms with Gasteiger partial charge in [0.2, 0.25) is 0 Å². The average molecular weight is 320 g/mol. The molecule has 5 nitrogen and oxygen atoms in total. The number of methoxy groups -OCH3 is 1. The van der Waals surface area contributed by atoms with Crippen molar-refractivity contribution in [1.82, 2.24) is 0 Å². The lowest BCUT2D eigenvalue weighted by Gasteiger charge is -2.35. The van der Waals surface area contributed by atoms with E-state index in [1.54, 1.807) is 0 Å². The Morgan fingerprint density at radius 2 is 1.77 bits per heavy atom. The molecule has 0 aliphatic heterocycles. The zero-order valence-corrected chi connectivity index (χ0v) is 11.6. The van der Waals surface area contributed by atoms with E-state index in [1.165, 1.54) is 18.2 Å². The van der Waals surface area contributed by atoms with Crippen LogP contribution in [-0.4, -0.2) is 35.4 Å². The maximum atomic E-state index is 13.4. The molecule has 0 saturated heterocycles. The van der Waals surface area contributed by atoms with Crippen LogP contribution in [0.15, 0.2) is 30.3 Å². The summed E-state index contributed by atoms with van der Waals surface area (Å²) in [5, 5.41) is 19.3. The van der Waals surface area contributed by atoms with Gasteiger partial charge in [-0.25, -0.2) is 0 Å². The van der Waals surface area contributed by atoms with E-state index in [2.05, 4.69) is 4.74 Å². The predicted molar refractivity (Wildman–Crippen MR) is 68.8 cm³/mol. The molecule has 2 unspecified atom stereocenters. The van der Waals surface area contributed by atoms with Crippen molar-refractivity contribution in [3.63, 3.8) is 0 Å². The van der Waals surface area contributed by atoms with Gasteiger partial charge in [0.15, 0.2) is 5.60 Å². The summed E-state index contributed by atoms with van der Waals surface area (Å²) in [6, 6.07) is 5.92. The smallest absolute Gasteiger partial charge is 0.422 e. The predicted octanol–water partition coefficient (Wildman–Crippen LogP) is 2.09. The van der Waals surface area contributed by atoms with Crippen LogP contribution in [0.3, 0.4) is 0 Å². The summed E-state index contributed by atoms with van der Waals surface area (Å²) >= 11 is 0. The molecule has 22 heavy (non-hydrogen) atoms. The van der Waals surface area contributed by atoms with Crippen LogP contribution < -0.4 is 0 Å². The summed E-state index contributed by atoms with van der Waals surface area (Å²) in [6.45, 7) is 0. The molecule has 0 fully saturated rings.